The number of hydrogen-bond donors (Lipinski definition) is 1. The summed E-state index contributed by atoms with van der Waals surface area (Å²) in [6.07, 6.45) is 8.23. The van der Waals surface area contributed by atoms with Gasteiger partial charge >= 0.3 is 5.97 Å². The van der Waals surface area contributed by atoms with Gasteiger partial charge in [-0.3, -0.25) is 9.59 Å². The Hall–Kier alpha value is -2.21. The van der Waals surface area contributed by atoms with Gasteiger partial charge in [-0.1, -0.05) is 0 Å². The minimum absolute atomic E-state index is 0.186. The molecule has 6 heteroatoms. The Kier molecular flexibility index (Phi) is 4.92. The molecule has 2 amide bonds. The molecule has 1 aromatic carbocycles. The van der Waals surface area contributed by atoms with Crippen LogP contribution in [0.2, 0.25) is 0 Å². The van der Waals surface area contributed by atoms with E-state index in [9.17, 15) is 14.4 Å². The Balaban J connectivity index is 1.24. The first-order valence-electron chi connectivity index (χ1n) is 11.3. The van der Waals surface area contributed by atoms with Crippen molar-refractivity contribution in [2.75, 3.05) is 18.1 Å². The highest BCUT2D eigenvalue weighted by molar-refractivity contribution is 6.22. The van der Waals surface area contributed by atoms with E-state index < -0.39 is 12.0 Å². The van der Waals surface area contributed by atoms with Crippen molar-refractivity contribution in [3.05, 3.63) is 29.8 Å². The van der Waals surface area contributed by atoms with E-state index >= 15 is 0 Å². The van der Waals surface area contributed by atoms with Crippen LogP contribution in [0, 0.1) is 23.2 Å². The molecule has 4 aliphatic carbocycles. The van der Waals surface area contributed by atoms with Crippen molar-refractivity contribution in [3.8, 4) is 0 Å². The standard InChI is InChI=1S/C24H30N2O4/c1-2-30-23(29)18-3-5-19(6-4-18)26-21(27)10-20(22(26)28)25-14-24-11-15-7-16(12-24)9-17(8-15)13-24/h3-6,15-17,20,25H,2,7-14H2,1H3/t15?,16?,17?,20-,24?/m0/s1. The van der Waals surface area contributed by atoms with Crippen LogP contribution in [-0.2, 0) is 14.3 Å². The molecular weight excluding hydrogens is 380 g/mol. The van der Waals surface area contributed by atoms with Crippen LogP contribution in [0.15, 0.2) is 24.3 Å². The lowest BCUT2D eigenvalue weighted by molar-refractivity contribution is -0.121. The molecule has 4 bridgehead atoms. The van der Waals surface area contributed by atoms with Crippen molar-refractivity contribution in [1.82, 2.24) is 5.32 Å². The second kappa shape index (κ2) is 7.49. The molecule has 0 radical (unpaired) electrons. The van der Waals surface area contributed by atoms with Gasteiger partial charge in [-0.15, -0.1) is 0 Å². The molecule has 1 heterocycles. The molecule has 6 rings (SSSR count). The quantitative estimate of drug-likeness (QED) is 0.575. The number of rotatable bonds is 6. The number of benzene rings is 1. The first-order chi connectivity index (χ1) is 14.5. The summed E-state index contributed by atoms with van der Waals surface area (Å²) >= 11 is 0. The maximum absolute atomic E-state index is 13.0. The molecule has 0 unspecified atom stereocenters. The lowest BCUT2D eigenvalue weighted by atomic mass is 9.49. The van der Waals surface area contributed by atoms with Crippen LogP contribution >= 0.6 is 0 Å². The highest BCUT2D eigenvalue weighted by atomic mass is 16.5. The molecule has 30 heavy (non-hydrogen) atoms. The van der Waals surface area contributed by atoms with Crippen molar-refractivity contribution in [3.63, 3.8) is 0 Å². The number of esters is 1. The molecule has 1 aromatic rings. The average Bonchev–Trinajstić information content (AvgIpc) is 2.99. The van der Waals surface area contributed by atoms with Crippen molar-refractivity contribution in [1.29, 1.82) is 0 Å². The molecule has 1 atom stereocenters. The zero-order valence-electron chi connectivity index (χ0n) is 17.6. The molecular formula is C24H30N2O4. The maximum Gasteiger partial charge on any atom is 0.338 e. The summed E-state index contributed by atoms with van der Waals surface area (Å²) in [4.78, 5) is 38.7. The van der Waals surface area contributed by atoms with Crippen LogP contribution in [-0.4, -0.2) is 37.0 Å². The lowest BCUT2D eigenvalue weighted by Gasteiger charge is -2.57. The minimum Gasteiger partial charge on any atom is -0.462 e. The molecule has 0 spiro atoms. The third-order valence-electron chi connectivity index (χ3n) is 7.67. The number of imide groups is 1. The van der Waals surface area contributed by atoms with Gasteiger partial charge in [0.2, 0.25) is 5.91 Å². The van der Waals surface area contributed by atoms with Crippen LogP contribution in [0.5, 0.6) is 0 Å². The average molecular weight is 411 g/mol. The number of carbonyl (C=O) groups excluding carboxylic acids is 3. The van der Waals surface area contributed by atoms with Gasteiger partial charge in [0.25, 0.3) is 5.91 Å². The number of hydrogen-bond acceptors (Lipinski definition) is 5. The van der Waals surface area contributed by atoms with Gasteiger partial charge < -0.3 is 10.1 Å². The van der Waals surface area contributed by atoms with E-state index in [-0.39, 0.29) is 18.2 Å². The Labute approximate surface area is 177 Å². The van der Waals surface area contributed by atoms with Crippen molar-refractivity contribution in [2.24, 2.45) is 23.2 Å². The predicted octanol–water partition coefficient (Wildman–Crippen LogP) is 3.30. The second-order valence-electron chi connectivity index (χ2n) is 9.89. The van der Waals surface area contributed by atoms with Gasteiger partial charge in [0.15, 0.2) is 0 Å². The molecule has 5 aliphatic rings. The number of ether oxygens (including phenoxy) is 1. The van der Waals surface area contributed by atoms with E-state index in [0.29, 0.717) is 23.3 Å². The summed E-state index contributed by atoms with van der Waals surface area (Å²) in [6.45, 7) is 2.90. The first kappa shape index (κ1) is 19.7. The first-order valence-corrected chi connectivity index (χ1v) is 11.3. The van der Waals surface area contributed by atoms with Crippen molar-refractivity contribution < 1.29 is 19.1 Å². The summed E-state index contributed by atoms with van der Waals surface area (Å²) < 4.78 is 4.99. The number of anilines is 1. The number of carbonyl (C=O) groups is 3. The predicted molar refractivity (Wildman–Crippen MR) is 112 cm³/mol. The largest absolute Gasteiger partial charge is 0.462 e. The van der Waals surface area contributed by atoms with E-state index in [2.05, 4.69) is 5.32 Å². The van der Waals surface area contributed by atoms with Gasteiger partial charge in [0.1, 0.15) is 0 Å². The monoisotopic (exact) mass is 410 g/mol. The number of nitrogens with one attached hydrogen (secondary N) is 1. The Morgan fingerprint density at radius 3 is 2.23 bits per heavy atom. The topological polar surface area (TPSA) is 75.7 Å². The van der Waals surface area contributed by atoms with Crippen molar-refractivity contribution in [2.45, 2.75) is 57.9 Å². The fraction of sp³-hybridized carbons (Fsp3) is 0.625. The smallest absolute Gasteiger partial charge is 0.338 e. The number of nitrogens with zero attached hydrogens (tertiary/aromatic N) is 1. The SMILES string of the molecule is CCOC(=O)c1ccc(N2C(=O)C[C@H](NCC34CC5CC(CC(C5)C3)C4)C2=O)cc1. The summed E-state index contributed by atoms with van der Waals surface area (Å²) in [5, 5.41) is 3.48. The molecule has 0 aromatic heterocycles. The zero-order valence-corrected chi connectivity index (χ0v) is 17.6. The Morgan fingerprint density at radius 2 is 1.67 bits per heavy atom. The minimum atomic E-state index is -0.449. The second-order valence-corrected chi connectivity index (χ2v) is 9.89. The van der Waals surface area contributed by atoms with Crippen LogP contribution in [0.25, 0.3) is 0 Å². The van der Waals surface area contributed by atoms with E-state index in [4.69, 9.17) is 4.74 Å². The molecule has 160 valence electrons. The summed E-state index contributed by atoms with van der Waals surface area (Å²) in [5.41, 5.74) is 1.25. The fourth-order valence-corrected chi connectivity index (χ4v) is 6.87. The summed E-state index contributed by atoms with van der Waals surface area (Å²) in [6, 6.07) is 6.04. The van der Waals surface area contributed by atoms with E-state index in [1.165, 1.54) is 43.4 Å². The van der Waals surface area contributed by atoms with Crippen LogP contribution in [0.4, 0.5) is 5.69 Å². The maximum atomic E-state index is 13.0. The molecule has 4 saturated carbocycles. The molecule has 1 N–H and O–H groups in total. The van der Waals surface area contributed by atoms with Crippen LogP contribution < -0.4 is 10.2 Å². The Morgan fingerprint density at radius 1 is 1.07 bits per heavy atom. The third kappa shape index (κ3) is 3.45. The number of amides is 2. The third-order valence-corrected chi connectivity index (χ3v) is 7.67. The van der Waals surface area contributed by atoms with E-state index in [1.807, 2.05) is 0 Å². The molecule has 1 saturated heterocycles. The van der Waals surface area contributed by atoms with Crippen molar-refractivity contribution >= 4 is 23.5 Å². The summed E-state index contributed by atoms with van der Waals surface area (Å²) in [5.74, 6) is 1.83. The lowest BCUT2D eigenvalue weighted by Crippen LogP contribution is -2.52. The normalized spacial score (nSPS) is 34.6. The highest BCUT2D eigenvalue weighted by Gasteiger charge is 2.51. The van der Waals surface area contributed by atoms with Gasteiger partial charge in [-0.2, -0.15) is 0 Å². The van der Waals surface area contributed by atoms with Crippen LogP contribution in [0.3, 0.4) is 0 Å². The fourth-order valence-electron chi connectivity index (χ4n) is 6.87. The van der Waals surface area contributed by atoms with Crippen LogP contribution in [0.1, 0.15) is 62.2 Å². The zero-order chi connectivity index (χ0) is 20.9. The molecule has 6 nitrogen and oxygen atoms in total. The molecule has 5 fully saturated rings. The van der Waals surface area contributed by atoms with Gasteiger partial charge in [-0.05, 0) is 92.9 Å². The van der Waals surface area contributed by atoms with Gasteiger partial charge in [-0.25, -0.2) is 9.69 Å². The van der Waals surface area contributed by atoms with Gasteiger partial charge in [0.05, 0.1) is 30.3 Å². The van der Waals surface area contributed by atoms with Gasteiger partial charge in [0, 0.05) is 6.54 Å². The molecule has 1 aliphatic heterocycles. The van der Waals surface area contributed by atoms with E-state index in [1.54, 1.807) is 31.2 Å². The Bertz CT molecular complexity index is 827. The van der Waals surface area contributed by atoms with E-state index in [0.717, 1.165) is 24.3 Å². The summed E-state index contributed by atoms with van der Waals surface area (Å²) in [7, 11) is 0. The highest BCUT2D eigenvalue weighted by Crippen LogP contribution is 2.59.